The van der Waals surface area contributed by atoms with Crippen molar-refractivity contribution in [1.82, 2.24) is 4.98 Å². The number of carbonyl (C=O) groups is 1. The Morgan fingerprint density at radius 3 is 2.60 bits per heavy atom. The normalized spacial score (nSPS) is 10.1. The van der Waals surface area contributed by atoms with Crippen molar-refractivity contribution in [2.75, 3.05) is 10.6 Å². The number of nitrogens with zero attached hydrogens (tertiary/aromatic N) is 1. The first-order valence-electron chi connectivity index (χ1n) is 6.81. The molecule has 2 rings (SSSR count). The van der Waals surface area contributed by atoms with E-state index in [4.69, 9.17) is 0 Å². The van der Waals surface area contributed by atoms with E-state index in [-0.39, 0.29) is 5.91 Å². The lowest BCUT2D eigenvalue weighted by Crippen LogP contribution is -2.11. The third-order valence-corrected chi connectivity index (χ3v) is 2.85. The Bertz CT molecular complexity index is 537. The number of rotatable bonds is 6. The van der Waals surface area contributed by atoms with Crippen LogP contribution in [-0.4, -0.2) is 10.9 Å². The Balaban J connectivity index is 1.87. The quantitative estimate of drug-likeness (QED) is 0.844. The molecule has 2 N–H and O–H groups in total. The molecule has 0 spiro atoms. The van der Waals surface area contributed by atoms with Crippen LogP contribution in [0.2, 0.25) is 0 Å². The first-order chi connectivity index (χ1) is 9.78. The van der Waals surface area contributed by atoms with Gasteiger partial charge in [0.2, 0.25) is 5.91 Å². The number of hydrogen-bond donors (Lipinski definition) is 2. The van der Waals surface area contributed by atoms with E-state index in [0.717, 1.165) is 18.7 Å². The van der Waals surface area contributed by atoms with Crippen molar-refractivity contribution in [2.45, 2.75) is 26.3 Å². The van der Waals surface area contributed by atoms with E-state index in [1.165, 1.54) is 5.56 Å². The summed E-state index contributed by atoms with van der Waals surface area (Å²) in [4.78, 5) is 15.7. The lowest BCUT2D eigenvalue weighted by molar-refractivity contribution is -0.116. The van der Waals surface area contributed by atoms with Crippen molar-refractivity contribution in [1.29, 1.82) is 0 Å². The van der Waals surface area contributed by atoms with Gasteiger partial charge < -0.3 is 10.6 Å². The third kappa shape index (κ3) is 4.39. The molecule has 1 heterocycles. The van der Waals surface area contributed by atoms with E-state index in [0.29, 0.717) is 12.2 Å². The van der Waals surface area contributed by atoms with Crippen molar-refractivity contribution in [3.63, 3.8) is 0 Å². The van der Waals surface area contributed by atoms with Gasteiger partial charge in [0.1, 0.15) is 5.82 Å². The van der Waals surface area contributed by atoms with E-state index in [1.807, 2.05) is 31.2 Å². The van der Waals surface area contributed by atoms with Crippen LogP contribution >= 0.6 is 0 Å². The summed E-state index contributed by atoms with van der Waals surface area (Å²) in [7, 11) is 0. The molecule has 0 saturated heterocycles. The second-order valence-corrected chi connectivity index (χ2v) is 4.57. The molecule has 4 nitrogen and oxygen atoms in total. The van der Waals surface area contributed by atoms with E-state index in [9.17, 15) is 4.79 Å². The molecule has 0 aliphatic rings. The molecule has 1 aromatic heterocycles. The van der Waals surface area contributed by atoms with Crippen LogP contribution in [0.25, 0.3) is 0 Å². The summed E-state index contributed by atoms with van der Waals surface area (Å²) in [5.74, 6) is 0.596. The lowest BCUT2D eigenvalue weighted by Gasteiger charge is -2.07. The van der Waals surface area contributed by atoms with Gasteiger partial charge in [-0.2, -0.15) is 0 Å². The third-order valence-electron chi connectivity index (χ3n) is 2.85. The van der Waals surface area contributed by atoms with E-state index < -0.39 is 0 Å². The number of pyridine rings is 1. The first-order valence-corrected chi connectivity index (χ1v) is 6.81. The van der Waals surface area contributed by atoms with Crippen LogP contribution in [0, 0.1) is 0 Å². The maximum atomic E-state index is 11.4. The molecule has 2 aromatic rings. The summed E-state index contributed by atoms with van der Waals surface area (Å²) in [6.07, 6.45) is 3.09. The molecule has 4 heteroatoms. The summed E-state index contributed by atoms with van der Waals surface area (Å²) in [6.45, 7) is 2.73. The predicted molar refractivity (Wildman–Crippen MR) is 81.5 cm³/mol. The Morgan fingerprint density at radius 2 is 1.95 bits per heavy atom. The standard InChI is InChI=1S/C16H19N3O/c1-2-6-16(20)19-15-10-9-14(12-18-15)17-11-13-7-4-3-5-8-13/h3-5,7-10,12,17H,2,6,11H2,1H3,(H,18,19,20). The molecule has 20 heavy (non-hydrogen) atoms. The summed E-state index contributed by atoms with van der Waals surface area (Å²) >= 11 is 0. The van der Waals surface area contributed by atoms with Gasteiger partial charge >= 0.3 is 0 Å². The zero-order chi connectivity index (χ0) is 14.2. The van der Waals surface area contributed by atoms with Gasteiger partial charge in [0.25, 0.3) is 0 Å². The summed E-state index contributed by atoms with van der Waals surface area (Å²) in [5, 5.41) is 6.06. The van der Waals surface area contributed by atoms with Crippen molar-refractivity contribution >= 4 is 17.4 Å². The van der Waals surface area contributed by atoms with Crippen molar-refractivity contribution in [2.24, 2.45) is 0 Å². The molecule has 0 saturated carbocycles. The predicted octanol–water partition coefficient (Wildman–Crippen LogP) is 3.43. The average molecular weight is 269 g/mol. The van der Waals surface area contributed by atoms with E-state index in [1.54, 1.807) is 12.3 Å². The van der Waals surface area contributed by atoms with E-state index in [2.05, 4.69) is 27.8 Å². The van der Waals surface area contributed by atoms with Gasteiger partial charge in [-0.15, -0.1) is 0 Å². The molecule has 0 aliphatic carbocycles. The SMILES string of the molecule is CCCC(=O)Nc1ccc(NCc2ccccc2)cn1. The van der Waals surface area contributed by atoms with Crippen LogP contribution in [0.15, 0.2) is 48.7 Å². The molecular formula is C16H19N3O. The highest BCUT2D eigenvalue weighted by atomic mass is 16.1. The molecule has 104 valence electrons. The summed E-state index contributed by atoms with van der Waals surface area (Å²) in [5.41, 5.74) is 2.15. The Morgan fingerprint density at radius 1 is 1.15 bits per heavy atom. The fourth-order valence-corrected chi connectivity index (χ4v) is 1.80. The Kier molecular flexibility index (Phi) is 5.12. The molecule has 1 amide bonds. The highest BCUT2D eigenvalue weighted by Crippen LogP contribution is 2.11. The zero-order valence-electron chi connectivity index (χ0n) is 11.6. The number of hydrogen-bond acceptors (Lipinski definition) is 3. The maximum absolute atomic E-state index is 11.4. The Labute approximate surface area is 119 Å². The van der Waals surface area contributed by atoms with Gasteiger partial charge in [0, 0.05) is 13.0 Å². The number of nitrogens with one attached hydrogen (secondary N) is 2. The fraction of sp³-hybridized carbons (Fsp3) is 0.250. The van der Waals surface area contributed by atoms with Gasteiger partial charge in [-0.05, 0) is 24.1 Å². The number of carbonyl (C=O) groups excluding carboxylic acids is 1. The van der Waals surface area contributed by atoms with Gasteiger partial charge in [0.05, 0.1) is 11.9 Å². The maximum Gasteiger partial charge on any atom is 0.225 e. The number of anilines is 2. The average Bonchev–Trinajstić information content (AvgIpc) is 2.48. The van der Waals surface area contributed by atoms with Crippen LogP contribution < -0.4 is 10.6 Å². The molecule has 0 fully saturated rings. The van der Waals surface area contributed by atoms with Crippen LogP contribution in [0.1, 0.15) is 25.3 Å². The Hall–Kier alpha value is -2.36. The van der Waals surface area contributed by atoms with Crippen LogP contribution in [0.4, 0.5) is 11.5 Å². The number of amides is 1. The molecule has 0 unspecified atom stereocenters. The monoisotopic (exact) mass is 269 g/mol. The smallest absolute Gasteiger partial charge is 0.225 e. The molecular weight excluding hydrogens is 250 g/mol. The summed E-state index contributed by atoms with van der Waals surface area (Å²) < 4.78 is 0. The minimum atomic E-state index is 0.00462. The largest absolute Gasteiger partial charge is 0.380 e. The fourth-order valence-electron chi connectivity index (χ4n) is 1.80. The van der Waals surface area contributed by atoms with Crippen molar-refractivity contribution < 1.29 is 4.79 Å². The second kappa shape index (κ2) is 7.28. The minimum Gasteiger partial charge on any atom is -0.380 e. The van der Waals surface area contributed by atoms with Crippen molar-refractivity contribution in [3.8, 4) is 0 Å². The van der Waals surface area contributed by atoms with Gasteiger partial charge in [0.15, 0.2) is 0 Å². The summed E-state index contributed by atoms with van der Waals surface area (Å²) in [6, 6.07) is 13.9. The molecule has 1 aromatic carbocycles. The molecule has 0 radical (unpaired) electrons. The van der Waals surface area contributed by atoms with Gasteiger partial charge in [-0.25, -0.2) is 4.98 Å². The van der Waals surface area contributed by atoms with Crippen LogP contribution in [-0.2, 0) is 11.3 Å². The molecule has 0 bridgehead atoms. The lowest BCUT2D eigenvalue weighted by atomic mass is 10.2. The minimum absolute atomic E-state index is 0.00462. The molecule has 0 aliphatic heterocycles. The van der Waals surface area contributed by atoms with Crippen LogP contribution in [0.3, 0.4) is 0 Å². The first kappa shape index (κ1) is 14.1. The van der Waals surface area contributed by atoms with Crippen LogP contribution in [0.5, 0.6) is 0 Å². The highest BCUT2D eigenvalue weighted by Gasteiger charge is 2.01. The second-order valence-electron chi connectivity index (χ2n) is 4.57. The van der Waals surface area contributed by atoms with E-state index >= 15 is 0 Å². The zero-order valence-corrected chi connectivity index (χ0v) is 11.6. The topological polar surface area (TPSA) is 54.0 Å². The number of benzene rings is 1. The highest BCUT2D eigenvalue weighted by molar-refractivity contribution is 5.89. The van der Waals surface area contributed by atoms with Gasteiger partial charge in [-0.3, -0.25) is 4.79 Å². The number of aromatic nitrogens is 1. The van der Waals surface area contributed by atoms with Crippen molar-refractivity contribution in [3.05, 3.63) is 54.2 Å². The molecule has 0 atom stereocenters. The van der Waals surface area contributed by atoms with Gasteiger partial charge in [-0.1, -0.05) is 37.3 Å².